The van der Waals surface area contributed by atoms with Crippen LogP contribution >= 0.6 is 0 Å². The van der Waals surface area contributed by atoms with Gasteiger partial charge in [0.25, 0.3) is 5.56 Å². The minimum Gasteiger partial charge on any atom is -0.467 e. The Bertz CT molecular complexity index is 744. The van der Waals surface area contributed by atoms with Crippen LogP contribution in [0.1, 0.15) is 49.1 Å². The third kappa shape index (κ3) is 5.45. The zero-order valence-corrected chi connectivity index (χ0v) is 15.4. The van der Waals surface area contributed by atoms with Gasteiger partial charge < -0.3 is 15.0 Å². The van der Waals surface area contributed by atoms with Crippen molar-refractivity contribution in [2.75, 3.05) is 7.11 Å². The highest BCUT2D eigenvalue weighted by Crippen LogP contribution is 2.15. The zero-order valence-electron chi connectivity index (χ0n) is 15.4. The lowest BCUT2D eigenvalue weighted by molar-refractivity contribution is -0.145. The molecular weight excluding hydrogens is 322 g/mol. The fourth-order valence-electron chi connectivity index (χ4n) is 2.75. The molecular formula is C18H25N3O4. The van der Waals surface area contributed by atoms with Gasteiger partial charge in [-0.05, 0) is 43.7 Å². The molecule has 0 aliphatic heterocycles. The molecule has 136 valence electrons. The first-order valence-electron chi connectivity index (χ1n) is 8.20. The van der Waals surface area contributed by atoms with Gasteiger partial charge in [0.1, 0.15) is 17.7 Å². The van der Waals surface area contributed by atoms with E-state index < -0.39 is 17.6 Å². The van der Waals surface area contributed by atoms with Gasteiger partial charge in [-0.1, -0.05) is 13.8 Å². The van der Waals surface area contributed by atoms with Crippen LogP contribution in [0.5, 0.6) is 0 Å². The van der Waals surface area contributed by atoms with Gasteiger partial charge in [0.2, 0.25) is 5.91 Å². The van der Waals surface area contributed by atoms with Gasteiger partial charge in [0.05, 0.1) is 7.11 Å². The predicted octanol–water partition coefficient (Wildman–Crippen LogP) is 1.50. The summed E-state index contributed by atoms with van der Waals surface area (Å²) in [5.41, 5.74) is 1.63. The molecule has 25 heavy (non-hydrogen) atoms. The first-order valence-corrected chi connectivity index (χ1v) is 8.20. The number of pyridine rings is 1. The van der Waals surface area contributed by atoms with Crippen LogP contribution < -0.4 is 10.9 Å². The number of nitriles is 1. The third-order valence-corrected chi connectivity index (χ3v) is 4.05. The number of ether oxygens (including phenoxy) is 1. The Morgan fingerprint density at radius 1 is 1.32 bits per heavy atom. The average molecular weight is 347 g/mol. The van der Waals surface area contributed by atoms with Gasteiger partial charge in [-0.2, -0.15) is 5.26 Å². The van der Waals surface area contributed by atoms with Crippen LogP contribution in [0.25, 0.3) is 0 Å². The summed E-state index contributed by atoms with van der Waals surface area (Å²) in [6.45, 7) is 7.35. The SMILES string of the molecule is COC(=O)C(CC(C)C)NC(=O)CCc1c(C)[nH]c(=O)c(C#N)c1C. The van der Waals surface area contributed by atoms with Crippen LogP contribution in [-0.2, 0) is 20.7 Å². The monoisotopic (exact) mass is 347 g/mol. The van der Waals surface area contributed by atoms with E-state index in [4.69, 9.17) is 10.00 Å². The van der Waals surface area contributed by atoms with Gasteiger partial charge in [0, 0.05) is 12.1 Å². The van der Waals surface area contributed by atoms with E-state index in [9.17, 15) is 14.4 Å². The van der Waals surface area contributed by atoms with Crippen molar-refractivity contribution >= 4 is 11.9 Å². The topological polar surface area (TPSA) is 112 Å². The number of aromatic nitrogens is 1. The summed E-state index contributed by atoms with van der Waals surface area (Å²) in [5.74, 6) is -0.518. The summed E-state index contributed by atoms with van der Waals surface area (Å²) in [4.78, 5) is 38.4. The minimum absolute atomic E-state index is 0.0632. The molecule has 0 aromatic carbocycles. The number of rotatable bonds is 7. The second-order valence-corrected chi connectivity index (χ2v) is 6.44. The number of nitrogens with zero attached hydrogens (tertiary/aromatic N) is 1. The number of carbonyl (C=O) groups excluding carboxylic acids is 2. The molecule has 0 spiro atoms. The van der Waals surface area contributed by atoms with Crippen molar-refractivity contribution in [3.05, 3.63) is 32.7 Å². The third-order valence-electron chi connectivity index (χ3n) is 4.05. The Morgan fingerprint density at radius 3 is 2.48 bits per heavy atom. The summed E-state index contributed by atoms with van der Waals surface area (Å²) in [6.07, 6.45) is 1.00. The van der Waals surface area contributed by atoms with Crippen LogP contribution in [0.3, 0.4) is 0 Å². The fourth-order valence-corrected chi connectivity index (χ4v) is 2.75. The second kappa shape index (κ2) is 9.02. The van der Waals surface area contributed by atoms with Crippen molar-refractivity contribution in [1.82, 2.24) is 10.3 Å². The molecule has 2 N–H and O–H groups in total. The molecule has 0 aliphatic carbocycles. The summed E-state index contributed by atoms with van der Waals surface area (Å²) in [6, 6.07) is 1.21. The van der Waals surface area contributed by atoms with Crippen molar-refractivity contribution in [2.45, 2.75) is 53.0 Å². The highest BCUT2D eigenvalue weighted by molar-refractivity contribution is 5.84. The molecule has 0 saturated carbocycles. The van der Waals surface area contributed by atoms with Crippen LogP contribution in [0, 0.1) is 31.1 Å². The number of nitrogens with one attached hydrogen (secondary N) is 2. The molecule has 1 unspecified atom stereocenters. The number of aryl methyl sites for hydroxylation is 1. The lowest BCUT2D eigenvalue weighted by Gasteiger charge is -2.18. The molecule has 1 heterocycles. The number of hydrogen-bond acceptors (Lipinski definition) is 5. The lowest BCUT2D eigenvalue weighted by Crippen LogP contribution is -2.42. The van der Waals surface area contributed by atoms with E-state index >= 15 is 0 Å². The van der Waals surface area contributed by atoms with Gasteiger partial charge in [-0.25, -0.2) is 4.79 Å². The Labute approximate surface area is 147 Å². The van der Waals surface area contributed by atoms with E-state index in [1.54, 1.807) is 13.8 Å². The number of amides is 1. The van der Waals surface area contributed by atoms with Crippen molar-refractivity contribution in [1.29, 1.82) is 5.26 Å². The fraction of sp³-hybridized carbons (Fsp3) is 0.556. The lowest BCUT2D eigenvalue weighted by atomic mass is 9.98. The Kier molecular flexibility index (Phi) is 7.37. The molecule has 1 aromatic rings. The molecule has 0 radical (unpaired) electrons. The molecule has 1 aromatic heterocycles. The second-order valence-electron chi connectivity index (χ2n) is 6.44. The smallest absolute Gasteiger partial charge is 0.328 e. The first kappa shape index (κ1) is 20.4. The number of aromatic amines is 1. The number of H-pyrrole nitrogens is 1. The van der Waals surface area contributed by atoms with Crippen molar-refractivity contribution < 1.29 is 14.3 Å². The number of hydrogen-bond donors (Lipinski definition) is 2. The molecule has 7 nitrogen and oxygen atoms in total. The van der Waals surface area contributed by atoms with E-state index in [0.29, 0.717) is 24.1 Å². The molecule has 0 bridgehead atoms. The molecule has 0 aliphatic rings. The Hall–Kier alpha value is -2.62. The normalized spacial score (nSPS) is 11.7. The summed E-state index contributed by atoms with van der Waals surface area (Å²) in [5, 5.41) is 11.8. The van der Waals surface area contributed by atoms with E-state index in [0.717, 1.165) is 5.56 Å². The number of methoxy groups -OCH3 is 1. The van der Waals surface area contributed by atoms with Crippen LogP contribution in [0.15, 0.2) is 4.79 Å². The van der Waals surface area contributed by atoms with Gasteiger partial charge in [-0.15, -0.1) is 0 Å². The predicted molar refractivity (Wildman–Crippen MR) is 93.0 cm³/mol. The minimum atomic E-state index is -0.676. The summed E-state index contributed by atoms with van der Waals surface area (Å²) < 4.78 is 4.73. The van der Waals surface area contributed by atoms with Crippen LogP contribution in [0.4, 0.5) is 0 Å². The highest BCUT2D eigenvalue weighted by Gasteiger charge is 2.22. The standard InChI is InChI=1S/C18H25N3O4/c1-10(2)8-15(18(24)25-5)21-16(22)7-6-13-11(3)14(9-19)17(23)20-12(13)4/h10,15H,6-8H2,1-5H3,(H,20,23)(H,21,22). The van der Waals surface area contributed by atoms with Gasteiger partial charge >= 0.3 is 5.97 Å². The zero-order chi connectivity index (χ0) is 19.1. The van der Waals surface area contributed by atoms with E-state index in [2.05, 4.69) is 10.3 Å². The Morgan fingerprint density at radius 2 is 1.96 bits per heavy atom. The average Bonchev–Trinajstić information content (AvgIpc) is 2.52. The van der Waals surface area contributed by atoms with Crippen molar-refractivity contribution in [3.63, 3.8) is 0 Å². The molecule has 0 saturated heterocycles. The van der Waals surface area contributed by atoms with E-state index in [1.165, 1.54) is 7.11 Å². The largest absolute Gasteiger partial charge is 0.467 e. The number of esters is 1. The van der Waals surface area contributed by atoms with Gasteiger partial charge in [0.15, 0.2) is 0 Å². The molecule has 0 fully saturated rings. The quantitative estimate of drug-likeness (QED) is 0.726. The maximum absolute atomic E-state index is 12.2. The molecule has 1 atom stereocenters. The maximum atomic E-state index is 12.2. The van der Waals surface area contributed by atoms with E-state index in [1.807, 2.05) is 19.9 Å². The first-order chi connectivity index (χ1) is 11.7. The molecule has 1 amide bonds. The Balaban J connectivity index is 2.84. The van der Waals surface area contributed by atoms with Crippen LogP contribution in [0.2, 0.25) is 0 Å². The molecule has 7 heteroatoms. The van der Waals surface area contributed by atoms with Crippen molar-refractivity contribution in [2.24, 2.45) is 5.92 Å². The van der Waals surface area contributed by atoms with Gasteiger partial charge in [-0.3, -0.25) is 9.59 Å². The number of carbonyl (C=O) groups is 2. The summed E-state index contributed by atoms with van der Waals surface area (Å²) >= 11 is 0. The van der Waals surface area contributed by atoms with E-state index in [-0.39, 0.29) is 23.8 Å². The maximum Gasteiger partial charge on any atom is 0.328 e. The summed E-state index contributed by atoms with van der Waals surface area (Å²) in [7, 11) is 1.29. The van der Waals surface area contributed by atoms with Crippen molar-refractivity contribution in [3.8, 4) is 6.07 Å². The van der Waals surface area contributed by atoms with Crippen LogP contribution in [-0.4, -0.2) is 30.0 Å². The highest BCUT2D eigenvalue weighted by atomic mass is 16.5. The molecule has 1 rings (SSSR count).